The second-order valence-electron chi connectivity index (χ2n) is 7.66. The average molecular weight is 437 g/mol. The number of nitrogens with zero attached hydrogens (tertiary/aromatic N) is 5. The largest absolute Gasteiger partial charge is 0.325 e. The van der Waals surface area contributed by atoms with E-state index in [-0.39, 0.29) is 11.4 Å². The summed E-state index contributed by atoms with van der Waals surface area (Å²) in [6.07, 6.45) is 0. The quantitative estimate of drug-likeness (QED) is 0.587. The van der Waals surface area contributed by atoms with Crippen LogP contribution in [0.25, 0.3) is 5.69 Å². The smallest absolute Gasteiger partial charge is 0.324 e. The molecule has 4 amide bonds. The number of halogens is 1. The van der Waals surface area contributed by atoms with Gasteiger partial charge < -0.3 is 10.6 Å². The van der Waals surface area contributed by atoms with Crippen LogP contribution in [0.1, 0.15) is 23.9 Å². The molecule has 0 aliphatic carbocycles. The van der Waals surface area contributed by atoms with Crippen LogP contribution in [0, 0.1) is 19.7 Å². The van der Waals surface area contributed by atoms with Gasteiger partial charge in [-0.2, -0.15) is 4.68 Å². The minimum Gasteiger partial charge on any atom is -0.324 e. The standard InChI is InChI=1S/C21H20FN7O3/c1-12-4-6-14(7-5-12)21(3)19(31)28(20(32)24-21)11-18(30)23-15-8-9-16(22)17(10-15)29-13(2)25-26-27-29/h4-10H,11H2,1-3H3,(H,23,30)(H,24,32). The molecule has 164 valence electrons. The second-order valence-corrected chi connectivity index (χ2v) is 7.66. The Labute approximate surface area is 182 Å². The fraction of sp³-hybridized carbons (Fsp3) is 0.238. The Bertz CT molecular complexity index is 1220. The van der Waals surface area contributed by atoms with Crippen molar-refractivity contribution in [3.63, 3.8) is 0 Å². The number of rotatable bonds is 5. The lowest BCUT2D eigenvalue weighted by molar-refractivity contribution is -0.133. The predicted molar refractivity (Wildman–Crippen MR) is 111 cm³/mol. The fourth-order valence-corrected chi connectivity index (χ4v) is 3.47. The number of hydrogen-bond donors (Lipinski definition) is 2. The van der Waals surface area contributed by atoms with Crippen LogP contribution in [0.2, 0.25) is 0 Å². The lowest BCUT2D eigenvalue weighted by Gasteiger charge is -2.22. The van der Waals surface area contributed by atoms with Gasteiger partial charge >= 0.3 is 6.03 Å². The van der Waals surface area contributed by atoms with Crippen LogP contribution in [0.3, 0.4) is 0 Å². The third-order valence-electron chi connectivity index (χ3n) is 5.29. The Kier molecular flexibility index (Phi) is 5.17. The van der Waals surface area contributed by atoms with E-state index in [1.165, 1.54) is 16.8 Å². The normalized spacial score (nSPS) is 18.1. The number of aromatic nitrogens is 4. The Morgan fingerprint density at radius 2 is 1.88 bits per heavy atom. The molecule has 10 nitrogen and oxygen atoms in total. The first-order valence-electron chi connectivity index (χ1n) is 9.75. The molecule has 2 N–H and O–H groups in total. The van der Waals surface area contributed by atoms with Gasteiger partial charge in [-0.25, -0.2) is 9.18 Å². The first kappa shape index (κ1) is 21.1. The monoisotopic (exact) mass is 437 g/mol. The number of amides is 4. The van der Waals surface area contributed by atoms with Crippen LogP contribution >= 0.6 is 0 Å². The summed E-state index contributed by atoms with van der Waals surface area (Å²) in [5.41, 5.74) is 0.665. The molecular weight excluding hydrogens is 417 g/mol. The third kappa shape index (κ3) is 3.68. The molecule has 3 aromatic rings. The van der Waals surface area contributed by atoms with E-state index in [1.54, 1.807) is 26.0 Å². The highest BCUT2D eigenvalue weighted by Gasteiger charge is 2.49. The lowest BCUT2D eigenvalue weighted by Crippen LogP contribution is -2.42. The van der Waals surface area contributed by atoms with Gasteiger partial charge in [0.1, 0.15) is 23.6 Å². The summed E-state index contributed by atoms with van der Waals surface area (Å²) in [5, 5.41) is 16.1. The van der Waals surface area contributed by atoms with Gasteiger partial charge in [-0.05, 0) is 55.0 Å². The van der Waals surface area contributed by atoms with Crippen molar-refractivity contribution in [2.75, 3.05) is 11.9 Å². The van der Waals surface area contributed by atoms with Crippen LogP contribution in [-0.2, 0) is 15.1 Å². The topological polar surface area (TPSA) is 122 Å². The summed E-state index contributed by atoms with van der Waals surface area (Å²) in [6, 6.07) is 10.4. The van der Waals surface area contributed by atoms with E-state index in [1.807, 2.05) is 19.1 Å². The Morgan fingerprint density at radius 3 is 2.53 bits per heavy atom. The second kappa shape index (κ2) is 7.84. The number of aryl methyl sites for hydroxylation is 2. The predicted octanol–water partition coefficient (Wildman–Crippen LogP) is 1.82. The van der Waals surface area contributed by atoms with Crippen molar-refractivity contribution < 1.29 is 18.8 Å². The average Bonchev–Trinajstić information content (AvgIpc) is 3.26. The van der Waals surface area contributed by atoms with E-state index < -0.39 is 35.7 Å². The van der Waals surface area contributed by atoms with Gasteiger partial charge in [0.15, 0.2) is 5.82 Å². The van der Waals surface area contributed by atoms with E-state index in [4.69, 9.17) is 0 Å². The number of hydrogen-bond acceptors (Lipinski definition) is 6. The Hall–Kier alpha value is -4.15. The van der Waals surface area contributed by atoms with Crippen molar-refractivity contribution in [3.05, 3.63) is 65.2 Å². The molecule has 2 heterocycles. The molecule has 11 heteroatoms. The van der Waals surface area contributed by atoms with Crippen molar-refractivity contribution >= 4 is 23.5 Å². The van der Waals surface area contributed by atoms with Crippen molar-refractivity contribution in [1.82, 2.24) is 30.4 Å². The molecule has 1 aliphatic rings. The highest BCUT2D eigenvalue weighted by atomic mass is 19.1. The van der Waals surface area contributed by atoms with Crippen molar-refractivity contribution in [3.8, 4) is 5.69 Å². The van der Waals surface area contributed by atoms with Gasteiger partial charge in [0.05, 0.1) is 0 Å². The Morgan fingerprint density at radius 1 is 1.16 bits per heavy atom. The molecular formula is C21H20FN7O3. The number of carbonyl (C=O) groups is 3. The number of imide groups is 1. The summed E-state index contributed by atoms with van der Waals surface area (Å²) < 4.78 is 15.4. The molecule has 1 saturated heterocycles. The number of carbonyl (C=O) groups excluding carboxylic acids is 3. The molecule has 1 fully saturated rings. The maximum atomic E-state index is 14.2. The van der Waals surface area contributed by atoms with E-state index >= 15 is 0 Å². The molecule has 1 aromatic heterocycles. The van der Waals surface area contributed by atoms with Crippen LogP contribution in [0.5, 0.6) is 0 Å². The lowest BCUT2D eigenvalue weighted by atomic mass is 9.91. The third-order valence-corrected chi connectivity index (χ3v) is 5.29. The zero-order chi connectivity index (χ0) is 23.0. The molecule has 4 rings (SSSR count). The van der Waals surface area contributed by atoms with Gasteiger partial charge in [-0.1, -0.05) is 29.8 Å². The summed E-state index contributed by atoms with van der Waals surface area (Å²) in [4.78, 5) is 38.9. The summed E-state index contributed by atoms with van der Waals surface area (Å²) in [7, 11) is 0. The summed E-state index contributed by atoms with van der Waals surface area (Å²) >= 11 is 0. The van der Waals surface area contributed by atoms with Gasteiger partial charge in [0.25, 0.3) is 5.91 Å². The molecule has 0 bridgehead atoms. The van der Waals surface area contributed by atoms with E-state index in [0.29, 0.717) is 11.4 Å². The van der Waals surface area contributed by atoms with Crippen LogP contribution in [-0.4, -0.2) is 49.5 Å². The summed E-state index contributed by atoms with van der Waals surface area (Å²) in [5.74, 6) is -1.37. The molecule has 1 atom stereocenters. The zero-order valence-electron chi connectivity index (χ0n) is 17.6. The highest BCUT2D eigenvalue weighted by molar-refractivity contribution is 6.10. The van der Waals surface area contributed by atoms with Crippen LogP contribution < -0.4 is 10.6 Å². The van der Waals surface area contributed by atoms with Gasteiger partial charge in [-0.15, -0.1) is 5.10 Å². The fourth-order valence-electron chi connectivity index (χ4n) is 3.47. The summed E-state index contributed by atoms with van der Waals surface area (Å²) in [6.45, 7) is 4.62. The number of anilines is 1. The Balaban J connectivity index is 1.50. The number of nitrogens with one attached hydrogen (secondary N) is 2. The van der Waals surface area contributed by atoms with Crippen molar-refractivity contribution in [2.24, 2.45) is 0 Å². The zero-order valence-corrected chi connectivity index (χ0v) is 17.6. The van der Waals surface area contributed by atoms with E-state index in [2.05, 4.69) is 26.2 Å². The molecule has 32 heavy (non-hydrogen) atoms. The molecule has 0 radical (unpaired) electrons. The van der Waals surface area contributed by atoms with E-state index in [0.717, 1.165) is 16.5 Å². The molecule has 1 aliphatic heterocycles. The number of urea groups is 1. The van der Waals surface area contributed by atoms with Gasteiger partial charge in [0.2, 0.25) is 5.91 Å². The molecule has 0 saturated carbocycles. The maximum Gasteiger partial charge on any atom is 0.325 e. The molecule has 2 aromatic carbocycles. The van der Waals surface area contributed by atoms with Crippen molar-refractivity contribution in [1.29, 1.82) is 0 Å². The number of tetrazole rings is 1. The maximum absolute atomic E-state index is 14.2. The van der Waals surface area contributed by atoms with Crippen molar-refractivity contribution in [2.45, 2.75) is 26.3 Å². The highest BCUT2D eigenvalue weighted by Crippen LogP contribution is 2.29. The first-order chi connectivity index (χ1) is 15.2. The molecule has 1 unspecified atom stereocenters. The molecule has 0 spiro atoms. The first-order valence-corrected chi connectivity index (χ1v) is 9.75. The van der Waals surface area contributed by atoms with Crippen LogP contribution in [0.15, 0.2) is 42.5 Å². The minimum atomic E-state index is -1.27. The number of benzene rings is 2. The van der Waals surface area contributed by atoms with Gasteiger partial charge in [0, 0.05) is 5.69 Å². The van der Waals surface area contributed by atoms with Gasteiger partial charge in [-0.3, -0.25) is 14.5 Å². The minimum absolute atomic E-state index is 0.0484. The van der Waals surface area contributed by atoms with Crippen LogP contribution in [0.4, 0.5) is 14.9 Å². The SMILES string of the molecule is Cc1ccc(C2(C)NC(=O)N(CC(=O)Nc3ccc(F)c(-n4nnnc4C)c3)C2=O)cc1. The van der Waals surface area contributed by atoms with E-state index in [9.17, 15) is 18.8 Å².